The molecule has 0 spiro atoms. The summed E-state index contributed by atoms with van der Waals surface area (Å²) in [5, 5.41) is 0. The SMILES string of the molecule is CCOC(=O)c1cn(C2C(C)CCC2(C)C)c(/C(=C2\C=CC=C(OCCCOC)\C2=N\C)C(C)CC)cc1=O. The molecule has 0 N–H and O–H groups in total. The number of allylic oxidation sites excluding steroid dienone is 5. The van der Waals surface area contributed by atoms with Crippen molar-refractivity contribution in [2.45, 2.75) is 73.3 Å². The van der Waals surface area contributed by atoms with Crippen molar-refractivity contribution < 1.29 is 19.0 Å². The predicted octanol–water partition coefficient (Wildman–Crippen LogP) is 6.40. The van der Waals surface area contributed by atoms with Crippen molar-refractivity contribution in [3.8, 4) is 0 Å². The van der Waals surface area contributed by atoms with Gasteiger partial charge in [0.25, 0.3) is 0 Å². The summed E-state index contributed by atoms with van der Waals surface area (Å²) in [4.78, 5) is 30.9. The summed E-state index contributed by atoms with van der Waals surface area (Å²) in [6, 6.07) is 1.75. The maximum Gasteiger partial charge on any atom is 0.343 e. The van der Waals surface area contributed by atoms with Crippen LogP contribution in [0.4, 0.5) is 0 Å². The minimum absolute atomic E-state index is 0.0139. The fourth-order valence-corrected chi connectivity index (χ4v) is 6.02. The van der Waals surface area contributed by atoms with Gasteiger partial charge in [0.2, 0.25) is 0 Å². The Morgan fingerprint density at radius 3 is 2.59 bits per heavy atom. The molecular weight excluding hydrogens is 492 g/mol. The number of hydrogen-bond acceptors (Lipinski definition) is 6. The summed E-state index contributed by atoms with van der Waals surface area (Å²) in [7, 11) is 3.45. The van der Waals surface area contributed by atoms with Crippen molar-refractivity contribution in [3.05, 3.63) is 63.3 Å². The molecule has 1 saturated carbocycles. The highest BCUT2D eigenvalue weighted by atomic mass is 16.5. The first-order valence-corrected chi connectivity index (χ1v) is 14.3. The Labute approximate surface area is 233 Å². The number of nitrogens with zero attached hydrogens (tertiary/aromatic N) is 2. The fourth-order valence-electron chi connectivity index (χ4n) is 6.02. The highest BCUT2D eigenvalue weighted by Gasteiger charge is 2.42. The van der Waals surface area contributed by atoms with E-state index in [9.17, 15) is 9.59 Å². The second kappa shape index (κ2) is 13.4. The lowest BCUT2D eigenvalue weighted by atomic mass is 9.82. The fraction of sp³-hybridized carbons (Fsp3) is 0.594. The molecule has 2 aliphatic carbocycles. The van der Waals surface area contributed by atoms with E-state index in [4.69, 9.17) is 14.2 Å². The first-order chi connectivity index (χ1) is 18.6. The number of methoxy groups -OCH3 is 1. The smallest absolute Gasteiger partial charge is 0.343 e. The van der Waals surface area contributed by atoms with Crippen LogP contribution in [0.25, 0.3) is 5.57 Å². The van der Waals surface area contributed by atoms with Crippen LogP contribution in [-0.4, -0.2) is 50.2 Å². The number of esters is 1. The van der Waals surface area contributed by atoms with Crippen LogP contribution < -0.4 is 5.43 Å². The van der Waals surface area contributed by atoms with Gasteiger partial charge < -0.3 is 18.8 Å². The van der Waals surface area contributed by atoms with Crippen molar-refractivity contribution in [2.75, 3.05) is 34.0 Å². The lowest BCUT2D eigenvalue weighted by Gasteiger charge is -2.36. The van der Waals surface area contributed by atoms with Gasteiger partial charge in [-0.3, -0.25) is 9.79 Å². The van der Waals surface area contributed by atoms with Crippen molar-refractivity contribution in [1.29, 1.82) is 0 Å². The zero-order valence-corrected chi connectivity index (χ0v) is 25.0. The van der Waals surface area contributed by atoms with E-state index in [2.05, 4.69) is 50.3 Å². The van der Waals surface area contributed by atoms with Crippen LogP contribution in [0.1, 0.15) is 89.3 Å². The molecular formula is C32H46N2O5. The van der Waals surface area contributed by atoms with E-state index in [1.54, 1.807) is 33.3 Å². The molecule has 7 nitrogen and oxygen atoms in total. The summed E-state index contributed by atoms with van der Waals surface area (Å²) >= 11 is 0. The molecule has 39 heavy (non-hydrogen) atoms. The van der Waals surface area contributed by atoms with Crippen LogP contribution >= 0.6 is 0 Å². The Bertz CT molecular complexity index is 1220. The molecule has 3 atom stereocenters. The van der Waals surface area contributed by atoms with E-state index < -0.39 is 5.97 Å². The molecule has 3 rings (SSSR count). The molecule has 1 aromatic heterocycles. The molecule has 3 unspecified atom stereocenters. The van der Waals surface area contributed by atoms with Crippen LogP contribution in [-0.2, 0) is 14.2 Å². The number of aliphatic imine (C=N–C) groups is 1. The Morgan fingerprint density at radius 2 is 2.00 bits per heavy atom. The molecule has 0 aliphatic heterocycles. The van der Waals surface area contributed by atoms with Crippen LogP contribution in [0, 0.1) is 17.3 Å². The third-order valence-corrected chi connectivity index (χ3v) is 8.10. The molecule has 0 saturated heterocycles. The van der Waals surface area contributed by atoms with Gasteiger partial charge >= 0.3 is 5.97 Å². The first kappa shape index (κ1) is 30.6. The number of pyridine rings is 1. The lowest BCUT2D eigenvalue weighted by Crippen LogP contribution is -2.31. The Morgan fingerprint density at radius 1 is 1.26 bits per heavy atom. The zero-order valence-electron chi connectivity index (χ0n) is 25.0. The van der Waals surface area contributed by atoms with Crippen LogP contribution in [0.2, 0.25) is 0 Å². The van der Waals surface area contributed by atoms with Gasteiger partial charge in [0.05, 0.1) is 13.2 Å². The molecule has 0 bridgehead atoms. The van der Waals surface area contributed by atoms with E-state index in [1.807, 2.05) is 12.2 Å². The summed E-state index contributed by atoms with van der Waals surface area (Å²) < 4.78 is 18.8. The van der Waals surface area contributed by atoms with E-state index in [0.717, 1.165) is 48.2 Å². The van der Waals surface area contributed by atoms with Gasteiger partial charge in [0.1, 0.15) is 17.0 Å². The zero-order chi connectivity index (χ0) is 28.7. The number of rotatable bonds is 11. The molecule has 0 amide bonds. The molecule has 1 fully saturated rings. The van der Waals surface area contributed by atoms with Crippen LogP contribution in [0.5, 0.6) is 0 Å². The van der Waals surface area contributed by atoms with E-state index in [0.29, 0.717) is 24.9 Å². The van der Waals surface area contributed by atoms with Crippen molar-refractivity contribution in [3.63, 3.8) is 0 Å². The van der Waals surface area contributed by atoms with E-state index in [-0.39, 0.29) is 35.0 Å². The standard InChI is InChI=1S/C32H46N2O5/c1-9-21(3)28(23-13-11-14-27(29(23)33-7)39-18-12-17-37-8)25-19-26(35)24(31(36)38-10-2)20-34(25)30-22(4)15-16-32(30,5)6/h11,13-14,19-22,30H,9-10,12,15-18H2,1-8H3/b28-23+,33-29+. The molecule has 0 aromatic carbocycles. The number of aromatic nitrogens is 1. The van der Waals surface area contributed by atoms with Gasteiger partial charge in [-0.2, -0.15) is 0 Å². The van der Waals surface area contributed by atoms with E-state index >= 15 is 0 Å². The summed E-state index contributed by atoms with van der Waals surface area (Å²) in [6.45, 7) is 14.2. The van der Waals surface area contributed by atoms with Gasteiger partial charge in [0, 0.05) is 56.8 Å². The highest BCUT2D eigenvalue weighted by Crippen LogP contribution is 2.50. The third-order valence-electron chi connectivity index (χ3n) is 8.10. The third kappa shape index (κ3) is 6.63. The van der Waals surface area contributed by atoms with Gasteiger partial charge in [-0.25, -0.2) is 4.79 Å². The lowest BCUT2D eigenvalue weighted by molar-refractivity contribution is 0.0522. The van der Waals surface area contributed by atoms with Crippen LogP contribution in [0.15, 0.2) is 51.6 Å². The molecule has 7 heteroatoms. The predicted molar refractivity (Wildman–Crippen MR) is 157 cm³/mol. The Balaban J connectivity index is 2.28. The number of ether oxygens (including phenoxy) is 3. The normalized spacial score (nSPS) is 23.5. The second-order valence-electron chi connectivity index (χ2n) is 11.3. The van der Waals surface area contributed by atoms with Gasteiger partial charge in [0.15, 0.2) is 5.43 Å². The number of hydrogen-bond donors (Lipinski definition) is 0. The molecule has 1 heterocycles. The van der Waals surface area contributed by atoms with Crippen molar-refractivity contribution in [1.82, 2.24) is 4.57 Å². The van der Waals surface area contributed by atoms with Crippen molar-refractivity contribution in [2.24, 2.45) is 22.2 Å². The highest BCUT2D eigenvalue weighted by molar-refractivity contribution is 6.18. The Hall–Kier alpha value is -2.93. The second-order valence-corrected chi connectivity index (χ2v) is 11.3. The summed E-state index contributed by atoms with van der Waals surface area (Å²) in [5.41, 5.74) is 3.30. The minimum Gasteiger partial charge on any atom is -0.491 e. The van der Waals surface area contributed by atoms with Crippen LogP contribution in [0.3, 0.4) is 0 Å². The Kier molecular flexibility index (Phi) is 10.5. The average Bonchev–Trinajstić information content (AvgIpc) is 3.18. The molecule has 2 aliphatic rings. The van der Waals surface area contributed by atoms with Gasteiger partial charge in [-0.15, -0.1) is 0 Å². The largest absolute Gasteiger partial charge is 0.491 e. The molecule has 214 valence electrons. The van der Waals surface area contributed by atoms with Crippen molar-refractivity contribution >= 4 is 17.3 Å². The summed E-state index contributed by atoms with van der Waals surface area (Å²) in [5.74, 6) is 0.624. The summed E-state index contributed by atoms with van der Waals surface area (Å²) in [6.07, 6.45) is 11.5. The first-order valence-electron chi connectivity index (χ1n) is 14.3. The number of carbonyl (C=O) groups excluding carboxylic acids is 1. The quantitative estimate of drug-likeness (QED) is 0.241. The van der Waals surface area contributed by atoms with Gasteiger partial charge in [-0.1, -0.05) is 46.8 Å². The maximum atomic E-state index is 13.4. The number of carbonyl (C=O) groups is 1. The maximum absolute atomic E-state index is 13.4. The molecule has 1 aromatic rings. The average molecular weight is 539 g/mol. The van der Waals surface area contributed by atoms with E-state index in [1.165, 1.54) is 0 Å². The minimum atomic E-state index is -0.577. The monoisotopic (exact) mass is 538 g/mol. The molecule has 0 radical (unpaired) electrons. The van der Waals surface area contributed by atoms with Gasteiger partial charge in [-0.05, 0) is 55.1 Å². The topological polar surface area (TPSA) is 79.1 Å².